The standard InChI is InChI=1S/C13H7ClF4N2O4.Al/c1-19-9(13(16,17)18)4-10(21)20(12(19)24)8-2-5(11(22)23)6(14)3-7(8)15;/h2-4H,1H3,(H,22,23);/q;+1/p-1. The molecule has 1 aromatic carbocycles. The first kappa shape index (κ1) is 19.2. The molecule has 0 aliphatic rings. The third-order valence-electron chi connectivity index (χ3n) is 3.21. The summed E-state index contributed by atoms with van der Waals surface area (Å²) in [5, 5.41) is -0.370. The van der Waals surface area contributed by atoms with E-state index in [-0.39, 0.29) is 25.8 Å². The van der Waals surface area contributed by atoms with Crippen molar-refractivity contribution in [3.63, 3.8) is 0 Å². The lowest BCUT2D eigenvalue weighted by Gasteiger charge is -2.15. The van der Waals surface area contributed by atoms with Crippen molar-refractivity contribution in [2.75, 3.05) is 0 Å². The molecule has 0 N–H and O–H groups in total. The number of alkyl halides is 3. The van der Waals surface area contributed by atoms with Gasteiger partial charge in [-0.1, -0.05) is 11.6 Å². The summed E-state index contributed by atoms with van der Waals surface area (Å²) in [6, 6.07) is 1.51. The molecule has 0 unspecified atom stereocenters. The minimum absolute atomic E-state index is 0.142. The van der Waals surface area contributed by atoms with E-state index in [9.17, 15) is 31.9 Å². The van der Waals surface area contributed by atoms with Gasteiger partial charge < -0.3 is 3.79 Å². The van der Waals surface area contributed by atoms with Crippen molar-refractivity contribution in [1.82, 2.24) is 9.13 Å². The van der Waals surface area contributed by atoms with Gasteiger partial charge in [-0.2, -0.15) is 13.2 Å². The highest BCUT2D eigenvalue weighted by Crippen LogP contribution is 2.27. The normalized spacial score (nSPS) is 11.4. The van der Waals surface area contributed by atoms with Gasteiger partial charge in [-0.25, -0.2) is 18.5 Å². The van der Waals surface area contributed by atoms with Crippen LogP contribution in [0.1, 0.15) is 16.1 Å². The van der Waals surface area contributed by atoms with Crippen LogP contribution in [-0.4, -0.2) is 31.7 Å². The summed E-state index contributed by atoms with van der Waals surface area (Å²) in [5.74, 6) is -2.21. The summed E-state index contributed by atoms with van der Waals surface area (Å²) >= 11 is 7.32. The topological polar surface area (TPSA) is 70.3 Å². The Morgan fingerprint density at radius 2 is 1.84 bits per heavy atom. The molecular formula is C13H6AlClF4N2O4. The van der Waals surface area contributed by atoms with Gasteiger partial charge >= 0.3 is 34.5 Å². The second kappa shape index (κ2) is 6.67. The third kappa shape index (κ3) is 3.49. The van der Waals surface area contributed by atoms with Gasteiger partial charge in [0.25, 0.3) is 5.56 Å². The number of nitrogens with zero attached hydrogens (tertiary/aromatic N) is 2. The van der Waals surface area contributed by atoms with Gasteiger partial charge in [0.15, 0.2) is 0 Å². The zero-order valence-electron chi connectivity index (χ0n) is 12.2. The molecule has 2 aromatic rings. The van der Waals surface area contributed by atoms with E-state index >= 15 is 0 Å². The smallest absolute Gasteiger partial charge is 0.485 e. The van der Waals surface area contributed by atoms with Gasteiger partial charge in [0.05, 0.1) is 16.3 Å². The number of hydrogen-bond acceptors (Lipinski definition) is 4. The van der Waals surface area contributed by atoms with Crippen molar-refractivity contribution >= 4 is 34.2 Å². The SMILES string of the molecule is Cn1c(C(F)(F)F)cc(=O)n(-c2cc(C(=O)[O][Al])c(Cl)cc2F)c1=O. The largest absolute Gasteiger partial charge is 0.624 e. The van der Waals surface area contributed by atoms with Crippen LogP contribution in [0.15, 0.2) is 27.8 Å². The minimum atomic E-state index is -4.96. The summed E-state index contributed by atoms with van der Waals surface area (Å²) in [6.45, 7) is 0. The van der Waals surface area contributed by atoms with Crippen molar-refractivity contribution in [2.24, 2.45) is 7.05 Å². The highest BCUT2D eigenvalue weighted by Gasteiger charge is 2.35. The molecule has 0 aliphatic heterocycles. The molecule has 0 aliphatic carbocycles. The van der Waals surface area contributed by atoms with Gasteiger partial charge in [-0.3, -0.25) is 9.36 Å². The number of halogens is 5. The van der Waals surface area contributed by atoms with Crippen LogP contribution in [0.5, 0.6) is 0 Å². The van der Waals surface area contributed by atoms with Crippen molar-refractivity contribution in [1.29, 1.82) is 0 Å². The molecule has 2 rings (SSSR count). The lowest BCUT2D eigenvalue weighted by molar-refractivity contribution is -0.144. The number of hydrogen-bond donors (Lipinski definition) is 0. The Kier molecular flexibility index (Phi) is 5.13. The van der Waals surface area contributed by atoms with E-state index in [4.69, 9.17) is 11.6 Å². The molecule has 0 atom stereocenters. The van der Waals surface area contributed by atoms with Gasteiger partial charge in [-0.05, 0) is 12.1 Å². The third-order valence-corrected chi connectivity index (χ3v) is 3.74. The van der Waals surface area contributed by atoms with Crippen LogP contribution >= 0.6 is 11.6 Å². The molecule has 0 bridgehead atoms. The molecule has 2 radical (unpaired) electrons. The average molecular weight is 393 g/mol. The number of aromatic nitrogens is 2. The molecule has 12 heteroatoms. The molecule has 0 saturated carbocycles. The summed E-state index contributed by atoms with van der Waals surface area (Å²) < 4.78 is 57.3. The Bertz CT molecular complexity index is 984. The number of carbonyl (C=O) groups is 1. The van der Waals surface area contributed by atoms with Gasteiger partial charge in [0, 0.05) is 13.1 Å². The van der Waals surface area contributed by atoms with Crippen LogP contribution in [0.2, 0.25) is 5.02 Å². The van der Waals surface area contributed by atoms with Gasteiger partial charge in [0.2, 0.25) is 0 Å². The second-order valence-corrected chi connectivity index (χ2v) is 5.37. The molecule has 25 heavy (non-hydrogen) atoms. The van der Waals surface area contributed by atoms with E-state index in [0.29, 0.717) is 6.07 Å². The Morgan fingerprint density at radius 1 is 1.24 bits per heavy atom. The summed E-state index contributed by atoms with van der Waals surface area (Å²) in [6.07, 6.45) is -4.96. The Labute approximate surface area is 150 Å². The highest BCUT2D eigenvalue weighted by molar-refractivity contribution is 6.34. The van der Waals surface area contributed by atoms with E-state index < -0.39 is 40.6 Å². The first-order valence-electron chi connectivity index (χ1n) is 6.29. The van der Waals surface area contributed by atoms with Crippen LogP contribution in [0.3, 0.4) is 0 Å². The fourth-order valence-electron chi connectivity index (χ4n) is 2.05. The number of carbonyl (C=O) groups excluding carboxylic acids is 1. The summed E-state index contributed by atoms with van der Waals surface area (Å²) in [7, 11) is 0.771. The van der Waals surface area contributed by atoms with Gasteiger partial charge in [0.1, 0.15) is 11.5 Å². The Hall–Kier alpha value is -2.09. The number of rotatable bonds is 2. The maximum absolute atomic E-state index is 14.1. The van der Waals surface area contributed by atoms with Gasteiger partial charge in [-0.15, -0.1) is 0 Å². The predicted octanol–water partition coefficient (Wildman–Crippen LogP) is 1.59. The zero-order valence-corrected chi connectivity index (χ0v) is 14.1. The molecule has 0 spiro atoms. The maximum atomic E-state index is 14.1. The molecular weight excluding hydrogens is 387 g/mol. The molecule has 130 valence electrons. The minimum Gasteiger partial charge on any atom is -0.624 e. The predicted molar refractivity (Wildman–Crippen MR) is 78.4 cm³/mol. The molecule has 6 nitrogen and oxygen atoms in total. The zero-order chi connectivity index (χ0) is 19.1. The van der Waals surface area contributed by atoms with E-state index in [1.165, 1.54) is 0 Å². The van der Waals surface area contributed by atoms with Crippen molar-refractivity contribution < 1.29 is 26.1 Å². The lowest BCUT2D eigenvalue weighted by atomic mass is 10.2. The second-order valence-electron chi connectivity index (χ2n) is 4.73. The Balaban J connectivity index is 2.85. The van der Waals surface area contributed by atoms with Crippen molar-refractivity contribution in [3.05, 3.63) is 61.1 Å². The van der Waals surface area contributed by atoms with Crippen LogP contribution in [-0.2, 0) is 17.0 Å². The first-order valence-corrected chi connectivity index (χ1v) is 7.14. The quantitative estimate of drug-likeness (QED) is 0.575. The highest BCUT2D eigenvalue weighted by atomic mass is 35.5. The van der Waals surface area contributed by atoms with E-state index in [1.54, 1.807) is 16.6 Å². The lowest BCUT2D eigenvalue weighted by Crippen LogP contribution is -2.41. The molecule has 0 fully saturated rings. The molecule has 0 amide bonds. The summed E-state index contributed by atoms with van der Waals surface area (Å²) in [4.78, 5) is 35.7. The fraction of sp³-hybridized carbons (Fsp3) is 0.154. The van der Waals surface area contributed by atoms with Crippen molar-refractivity contribution in [2.45, 2.75) is 6.18 Å². The summed E-state index contributed by atoms with van der Waals surface area (Å²) in [5.41, 5.74) is -5.51. The number of benzene rings is 1. The van der Waals surface area contributed by atoms with Crippen LogP contribution in [0.4, 0.5) is 17.6 Å². The maximum Gasteiger partial charge on any atom is 0.485 e. The van der Waals surface area contributed by atoms with Crippen LogP contribution in [0, 0.1) is 5.82 Å². The van der Waals surface area contributed by atoms with E-state index in [0.717, 1.165) is 13.1 Å². The molecule has 1 heterocycles. The van der Waals surface area contributed by atoms with Crippen LogP contribution < -0.4 is 11.2 Å². The first-order chi connectivity index (χ1) is 11.5. The van der Waals surface area contributed by atoms with E-state index in [1.807, 2.05) is 0 Å². The fourth-order valence-corrected chi connectivity index (χ4v) is 2.40. The van der Waals surface area contributed by atoms with E-state index in [2.05, 4.69) is 3.79 Å². The van der Waals surface area contributed by atoms with Crippen molar-refractivity contribution in [3.8, 4) is 5.69 Å². The Morgan fingerprint density at radius 3 is 2.36 bits per heavy atom. The molecule has 0 saturated heterocycles. The monoisotopic (exact) mass is 392 g/mol. The van der Waals surface area contributed by atoms with Crippen LogP contribution in [0.25, 0.3) is 5.69 Å². The average Bonchev–Trinajstić information content (AvgIpc) is 2.51. The molecule has 1 aromatic heterocycles.